The summed E-state index contributed by atoms with van der Waals surface area (Å²) in [4.78, 5) is 28.0. The van der Waals surface area contributed by atoms with E-state index in [1.807, 2.05) is 43.5 Å². The number of hydrogen-bond acceptors (Lipinski definition) is 7. The molecule has 1 aliphatic heterocycles. The first-order chi connectivity index (χ1) is 17.0. The van der Waals surface area contributed by atoms with Crippen molar-refractivity contribution in [1.82, 2.24) is 10.2 Å². The van der Waals surface area contributed by atoms with Crippen molar-refractivity contribution in [3.8, 4) is 23.3 Å². The summed E-state index contributed by atoms with van der Waals surface area (Å²) in [6, 6.07) is 20.8. The third-order valence-corrected chi connectivity index (χ3v) is 6.72. The van der Waals surface area contributed by atoms with Crippen molar-refractivity contribution in [1.29, 1.82) is 5.26 Å². The second-order valence-corrected chi connectivity index (χ2v) is 9.17. The van der Waals surface area contributed by atoms with E-state index in [0.29, 0.717) is 31.1 Å². The Kier molecular flexibility index (Phi) is 7.91. The Morgan fingerprint density at radius 1 is 1.14 bits per heavy atom. The number of carbonyl (C=O) groups is 2. The van der Waals surface area contributed by atoms with E-state index in [1.54, 1.807) is 40.9 Å². The van der Waals surface area contributed by atoms with Crippen molar-refractivity contribution in [3.63, 3.8) is 0 Å². The van der Waals surface area contributed by atoms with E-state index in [0.717, 1.165) is 16.0 Å². The molecule has 3 aromatic carbocycles. The lowest BCUT2D eigenvalue weighted by Gasteiger charge is -2.34. The number of piperazine rings is 1. The number of Topliss-reactive ketones (excluding diaryl/α,β-unsaturated/α-hetero) is 1. The Morgan fingerprint density at radius 2 is 1.89 bits per heavy atom. The number of hydrogen-bond donors (Lipinski definition) is 1. The first kappa shape index (κ1) is 24.6. The first-order valence-electron chi connectivity index (χ1n) is 11.4. The second-order valence-electron chi connectivity index (χ2n) is 8.32. The number of rotatable bonds is 8. The number of nitrogens with one attached hydrogen (secondary N) is 1. The van der Waals surface area contributed by atoms with Crippen LogP contribution in [0.4, 0.5) is 0 Å². The standard InChI is InChI=1S/C27H27N3O4S/c1-18-16-29-11-12-30(18)27(32)24(15-28)25(31)17-33-20-7-9-21(10-8-20)34-22-13-19-5-3-4-6-23(19)26(14-22)35-2/h3-10,13-14,18,24,29H,11-12,16-17H2,1-2H3. The van der Waals surface area contributed by atoms with Crippen LogP contribution >= 0.6 is 11.8 Å². The van der Waals surface area contributed by atoms with Crippen LogP contribution in [0.1, 0.15) is 6.92 Å². The normalized spacial score (nSPS) is 16.4. The summed E-state index contributed by atoms with van der Waals surface area (Å²) in [7, 11) is 0. The molecule has 35 heavy (non-hydrogen) atoms. The van der Waals surface area contributed by atoms with E-state index in [4.69, 9.17) is 9.47 Å². The lowest BCUT2D eigenvalue weighted by Crippen LogP contribution is -2.54. The van der Waals surface area contributed by atoms with Crippen LogP contribution in [0.2, 0.25) is 0 Å². The summed E-state index contributed by atoms with van der Waals surface area (Å²) in [5, 5.41) is 14.9. The smallest absolute Gasteiger partial charge is 0.248 e. The molecule has 8 heteroatoms. The van der Waals surface area contributed by atoms with E-state index in [2.05, 4.69) is 17.4 Å². The zero-order valence-corrected chi connectivity index (χ0v) is 20.5. The fourth-order valence-corrected chi connectivity index (χ4v) is 4.69. The average Bonchev–Trinajstić information content (AvgIpc) is 2.88. The molecule has 2 atom stereocenters. The Labute approximate surface area is 209 Å². The van der Waals surface area contributed by atoms with E-state index in [9.17, 15) is 14.9 Å². The first-order valence-corrected chi connectivity index (χ1v) is 12.6. The number of nitrogens with zero attached hydrogens (tertiary/aromatic N) is 2. The SMILES string of the molecule is CSc1cc(Oc2ccc(OCC(=O)C(C#N)C(=O)N3CCNCC3C)cc2)cc2ccccc12. The molecule has 0 aliphatic carbocycles. The molecule has 1 fully saturated rings. The van der Waals surface area contributed by atoms with Crippen molar-refractivity contribution >= 4 is 34.2 Å². The van der Waals surface area contributed by atoms with Crippen LogP contribution < -0.4 is 14.8 Å². The molecule has 0 saturated carbocycles. The number of thioether (sulfide) groups is 1. The van der Waals surface area contributed by atoms with Crippen molar-refractivity contribution in [3.05, 3.63) is 60.7 Å². The number of nitriles is 1. The zero-order chi connectivity index (χ0) is 24.8. The molecule has 1 heterocycles. The van der Waals surface area contributed by atoms with Gasteiger partial charge in [-0.1, -0.05) is 24.3 Å². The maximum Gasteiger partial charge on any atom is 0.248 e. The van der Waals surface area contributed by atoms with Gasteiger partial charge in [0.1, 0.15) is 23.9 Å². The Balaban J connectivity index is 1.37. The monoisotopic (exact) mass is 489 g/mol. The number of benzene rings is 3. The zero-order valence-electron chi connectivity index (χ0n) is 19.7. The molecule has 3 aromatic rings. The highest BCUT2D eigenvalue weighted by Crippen LogP contribution is 2.33. The average molecular weight is 490 g/mol. The van der Waals surface area contributed by atoms with Gasteiger partial charge in [-0.05, 0) is 60.4 Å². The molecule has 4 rings (SSSR count). The molecule has 7 nitrogen and oxygen atoms in total. The minimum absolute atomic E-state index is 0.0667. The second kappa shape index (κ2) is 11.3. The van der Waals surface area contributed by atoms with Gasteiger partial charge in [0.05, 0.1) is 6.07 Å². The molecule has 0 aromatic heterocycles. The molecule has 0 bridgehead atoms. The third kappa shape index (κ3) is 5.76. The predicted octanol–water partition coefficient (Wildman–Crippen LogP) is 4.26. The number of carbonyl (C=O) groups excluding carboxylic acids is 2. The van der Waals surface area contributed by atoms with Gasteiger partial charge in [-0.3, -0.25) is 9.59 Å². The topological polar surface area (TPSA) is 91.7 Å². The summed E-state index contributed by atoms with van der Waals surface area (Å²) < 4.78 is 11.6. The van der Waals surface area contributed by atoms with Crippen LogP contribution in [0.15, 0.2) is 65.6 Å². The van der Waals surface area contributed by atoms with Gasteiger partial charge in [-0.2, -0.15) is 5.26 Å². The molecule has 1 saturated heterocycles. The van der Waals surface area contributed by atoms with Crippen LogP contribution in [-0.2, 0) is 9.59 Å². The van der Waals surface area contributed by atoms with E-state index in [1.165, 1.54) is 5.39 Å². The fraction of sp³-hybridized carbons (Fsp3) is 0.296. The highest BCUT2D eigenvalue weighted by Gasteiger charge is 2.34. The summed E-state index contributed by atoms with van der Waals surface area (Å²) in [6.07, 6.45) is 2.04. The summed E-state index contributed by atoms with van der Waals surface area (Å²) >= 11 is 1.66. The number of amides is 1. The quantitative estimate of drug-likeness (QED) is 0.373. The maximum atomic E-state index is 12.7. The summed E-state index contributed by atoms with van der Waals surface area (Å²) in [6.45, 7) is 3.30. The lowest BCUT2D eigenvalue weighted by molar-refractivity contribution is -0.141. The molecule has 2 unspecified atom stereocenters. The number of ketones is 1. The highest BCUT2D eigenvalue weighted by molar-refractivity contribution is 7.98. The van der Waals surface area contributed by atoms with Gasteiger partial charge in [0, 0.05) is 30.6 Å². The fourth-order valence-electron chi connectivity index (χ4n) is 4.05. The van der Waals surface area contributed by atoms with Gasteiger partial charge >= 0.3 is 0 Å². The molecule has 1 N–H and O–H groups in total. The van der Waals surface area contributed by atoms with Crippen molar-refractivity contribution < 1.29 is 19.1 Å². The van der Waals surface area contributed by atoms with E-state index < -0.39 is 17.6 Å². The minimum atomic E-state index is -1.36. The molecular weight excluding hydrogens is 462 g/mol. The molecular formula is C27H27N3O4S. The van der Waals surface area contributed by atoms with Gasteiger partial charge in [-0.25, -0.2) is 0 Å². The maximum absolute atomic E-state index is 12.7. The number of ether oxygens (including phenoxy) is 2. The van der Waals surface area contributed by atoms with Gasteiger partial charge < -0.3 is 19.7 Å². The third-order valence-electron chi connectivity index (χ3n) is 5.94. The number of fused-ring (bicyclic) bond motifs is 1. The molecule has 0 spiro atoms. The van der Waals surface area contributed by atoms with Gasteiger partial charge in [0.15, 0.2) is 11.7 Å². The molecule has 180 valence electrons. The van der Waals surface area contributed by atoms with Crippen LogP contribution in [0.3, 0.4) is 0 Å². The Bertz CT molecular complexity index is 1260. The van der Waals surface area contributed by atoms with Gasteiger partial charge in [0.25, 0.3) is 0 Å². The van der Waals surface area contributed by atoms with Gasteiger partial charge in [0.2, 0.25) is 5.91 Å². The van der Waals surface area contributed by atoms with Crippen LogP contribution in [0, 0.1) is 17.2 Å². The van der Waals surface area contributed by atoms with E-state index >= 15 is 0 Å². The van der Waals surface area contributed by atoms with Crippen LogP contribution in [-0.4, -0.2) is 55.1 Å². The Hall–Kier alpha value is -3.54. The predicted molar refractivity (Wildman–Crippen MR) is 136 cm³/mol. The van der Waals surface area contributed by atoms with Crippen LogP contribution in [0.5, 0.6) is 17.2 Å². The molecule has 1 amide bonds. The Morgan fingerprint density at radius 3 is 2.60 bits per heavy atom. The molecule has 1 aliphatic rings. The largest absolute Gasteiger partial charge is 0.486 e. The van der Waals surface area contributed by atoms with Crippen molar-refractivity contribution in [2.45, 2.75) is 17.9 Å². The lowest BCUT2D eigenvalue weighted by atomic mass is 10.0. The van der Waals surface area contributed by atoms with Crippen molar-refractivity contribution in [2.24, 2.45) is 5.92 Å². The summed E-state index contributed by atoms with van der Waals surface area (Å²) in [5.74, 6) is -0.563. The van der Waals surface area contributed by atoms with Crippen molar-refractivity contribution in [2.75, 3.05) is 32.5 Å². The summed E-state index contributed by atoms with van der Waals surface area (Å²) in [5.41, 5.74) is 0. The van der Waals surface area contributed by atoms with E-state index in [-0.39, 0.29) is 12.6 Å². The highest BCUT2D eigenvalue weighted by atomic mass is 32.2. The minimum Gasteiger partial charge on any atom is -0.486 e. The van der Waals surface area contributed by atoms with Crippen LogP contribution in [0.25, 0.3) is 10.8 Å². The molecule has 0 radical (unpaired) electrons. The van der Waals surface area contributed by atoms with Gasteiger partial charge in [-0.15, -0.1) is 11.8 Å².